The number of hydrogen-bond acceptors (Lipinski definition) is 2. The minimum absolute atomic E-state index is 0.0954. The number of aliphatic imine (C=N–C) groups is 1. The number of rotatable bonds is 3. The van der Waals surface area contributed by atoms with Crippen molar-refractivity contribution in [2.45, 2.75) is 20.3 Å². The van der Waals surface area contributed by atoms with Crippen molar-refractivity contribution in [2.24, 2.45) is 10.7 Å². The Bertz CT molecular complexity index is 454. The van der Waals surface area contributed by atoms with E-state index in [1.54, 1.807) is 25.1 Å². The minimum Gasteiger partial charge on any atom is -0.369 e. The summed E-state index contributed by atoms with van der Waals surface area (Å²) in [5, 5.41) is 0.788. The Morgan fingerprint density at radius 1 is 1.33 bits per heavy atom. The zero-order valence-electron chi connectivity index (χ0n) is 10.3. The molecule has 1 aromatic carbocycles. The molecule has 6 heteroatoms. The van der Waals surface area contributed by atoms with Crippen LogP contribution in [0.25, 0.3) is 0 Å². The van der Waals surface area contributed by atoms with Crippen molar-refractivity contribution < 1.29 is 4.79 Å². The lowest BCUT2D eigenvalue weighted by Gasteiger charge is -2.19. The van der Waals surface area contributed by atoms with Crippen LogP contribution >= 0.6 is 23.2 Å². The molecule has 4 nitrogen and oxygen atoms in total. The van der Waals surface area contributed by atoms with Crippen LogP contribution in [-0.2, 0) is 4.79 Å². The van der Waals surface area contributed by atoms with Crippen LogP contribution in [-0.4, -0.2) is 23.3 Å². The van der Waals surface area contributed by atoms with Gasteiger partial charge in [0.15, 0.2) is 0 Å². The molecule has 0 atom stereocenters. The first-order chi connectivity index (χ1) is 8.51. The molecule has 2 N–H and O–H groups in total. The Labute approximate surface area is 116 Å². The first kappa shape index (κ1) is 14.8. The Kier molecular flexibility index (Phi) is 5.44. The van der Waals surface area contributed by atoms with Crippen molar-refractivity contribution in [1.82, 2.24) is 4.90 Å². The van der Waals surface area contributed by atoms with E-state index in [0.29, 0.717) is 28.7 Å². The van der Waals surface area contributed by atoms with E-state index in [1.807, 2.05) is 6.92 Å². The first-order valence-corrected chi connectivity index (χ1v) is 6.35. The van der Waals surface area contributed by atoms with Gasteiger partial charge in [-0.3, -0.25) is 9.69 Å². The molecule has 0 saturated heterocycles. The van der Waals surface area contributed by atoms with Gasteiger partial charge in [-0.25, -0.2) is 4.99 Å². The van der Waals surface area contributed by atoms with Crippen LogP contribution in [0.1, 0.15) is 20.3 Å². The van der Waals surface area contributed by atoms with E-state index < -0.39 is 0 Å². The number of benzene rings is 1. The molecule has 0 unspecified atom stereocenters. The normalized spacial score (nSPS) is 11.4. The van der Waals surface area contributed by atoms with Crippen molar-refractivity contribution in [3.05, 3.63) is 28.2 Å². The fraction of sp³-hybridized carbons (Fsp3) is 0.333. The molecule has 0 saturated carbocycles. The van der Waals surface area contributed by atoms with Crippen molar-refractivity contribution in [1.29, 1.82) is 0 Å². The van der Waals surface area contributed by atoms with E-state index in [1.165, 1.54) is 4.90 Å². The van der Waals surface area contributed by atoms with E-state index in [2.05, 4.69) is 4.99 Å². The van der Waals surface area contributed by atoms with Gasteiger partial charge in [0.1, 0.15) is 5.69 Å². The zero-order valence-corrected chi connectivity index (χ0v) is 11.8. The second kappa shape index (κ2) is 6.61. The van der Waals surface area contributed by atoms with Crippen LogP contribution in [0.2, 0.25) is 10.0 Å². The number of guanidine groups is 1. The van der Waals surface area contributed by atoms with Crippen LogP contribution in [0.3, 0.4) is 0 Å². The highest BCUT2D eigenvalue weighted by molar-refractivity contribution is 6.38. The summed E-state index contributed by atoms with van der Waals surface area (Å²) < 4.78 is 0. The van der Waals surface area contributed by atoms with E-state index in [-0.39, 0.29) is 11.9 Å². The molecule has 0 aliphatic rings. The predicted molar refractivity (Wildman–Crippen MR) is 75.4 cm³/mol. The third-order valence-electron chi connectivity index (χ3n) is 2.36. The van der Waals surface area contributed by atoms with E-state index in [0.717, 1.165) is 0 Å². The topological polar surface area (TPSA) is 58.7 Å². The molecule has 0 heterocycles. The summed E-state index contributed by atoms with van der Waals surface area (Å²) in [4.78, 5) is 17.2. The highest BCUT2D eigenvalue weighted by Crippen LogP contribution is 2.32. The second-order valence-electron chi connectivity index (χ2n) is 3.53. The molecule has 0 spiro atoms. The third kappa shape index (κ3) is 3.37. The van der Waals surface area contributed by atoms with E-state index in [4.69, 9.17) is 28.9 Å². The highest BCUT2D eigenvalue weighted by Gasteiger charge is 2.14. The van der Waals surface area contributed by atoms with Crippen molar-refractivity contribution >= 4 is 40.8 Å². The van der Waals surface area contributed by atoms with Crippen LogP contribution in [0, 0.1) is 0 Å². The summed E-state index contributed by atoms with van der Waals surface area (Å²) in [6.45, 7) is 4.04. The van der Waals surface area contributed by atoms with Gasteiger partial charge in [0.05, 0.1) is 10.0 Å². The molecule has 98 valence electrons. The number of hydrogen-bond donors (Lipinski definition) is 1. The van der Waals surface area contributed by atoms with Crippen LogP contribution in [0.15, 0.2) is 23.2 Å². The number of carbonyl (C=O) groups is 1. The molecule has 0 aliphatic heterocycles. The Hall–Kier alpha value is -1.26. The Balaban J connectivity index is 3.11. The summed E-state index contributed by atoms with van der Waals surface area (Å²) in [6.07, 6.45) is 0.361. The van der Waals surface area contributed by atoms with Crippen LogP contribution < -0.4 is 5.73 Å². The number of amides is 1. The quantitative estimate of drug-likeness (QED) is 0.686. The lowest BCUT2D eigenvalue weighted by Crippen LogP contribution is -2.41. The van der Waals surface area contributed by atoms with Crippen LogP contribution in [0.5, 0.6) is 0 Å². The molecule has 0 aromatic heterocycles. The highest BCUT2D eigenvalue weighted by atomic mass is 35.5. The van der Waals surface area contributed by atoms with Gasteiger partial charge in [-0.05, 0) is 19.1 Å². The number of carbonyl (C=O) groups excluding carboxylic acids is 1. The maximum atomic E-state index is 11.6. The summed E-state index contributed by atoms with van der Waals surface area (Å²) in [6, 6.07) is 5.05. The standard InChI is InChI=1S/C12H15Cl2N3O/c1-3-10(18)17(4-2)12(15)16-11-8(13)6-5-7-9(11)14/h5-7H,3-4H2,1-2H3,(H2,15,16). The summed E-state index contributed by atoms with van der Waals surface area (Å²) in [5.41, 5.74) is 6.19. The van der Waals surface area contributed by atoms with Gasteiger partial charge >= 0.3 is 0 Å². The molecule has 1 rings (SSSR count). The van der Waals surface area contributed by atoms with Gasteiger partial charge in [0.2, 0.25) is 11.9 Å². The smallest absolute Gasteiger partial charge is 0.228 e. The average Bonchev–Trinajstić information content (AvgIpc) is 2.34. The fourth-order valence-corrected chi connectivity index (χ4v) is 1.91. The number of halogens is 2. The van der Waals surface area contributed by atoms with Gasteiger partial charge in [0.25, 0.3) is 0 Å². The molecule has 0 radical (unpaired) electrons. The molecule has 18 heavy (non-hydrogen) atoms. The monoisotopic (exact) mass is 287 g/mol. The molecule has 1 amide bonds. The summed E-state index contributed by atoms with van der Waals surface area (Å²) in [5.74, 6) is 0.00118. The number of para-hydroxylation sites is 1. The van der Waals surface area contributed by atoms with Gasteiger partial charge in [0, 0.05) is 13.0 Å². The summed E-state index contributed by atoms with van der Waals surface area (Å²) in [7, 11) is 0. The van der Waals surface area contributed by atoms with Crippen molar-refractivity contribution in [2.75, 3.05) is 6.54 Å². The molecular formula is C12H15Cl2N3O. The fourth-order valence-electron chi connectivity index (χ4n) is 1.43. The molecule has 0 aliphatic carbocycles. The number of nitrogens with zero attached hydrogens (tertiary/aromatic N) is 2. The third-order valence-corrected chi connectivity index (χ3v) is 2.97. The maximum Gasteiger partial charge on any atom is 0.228 e. The number of nitrogens with two attached hydrogens (primary N) is 1. The van der Waals surface area contributed by atoms with E-state index in [9.17, 15) is 4.79 Å². The van der Waals surface area contributed by atoms with Gasteiger partial charge in [-0.2, -0.15) is 0 Å². The van der Waals surface area contributed by atoms with Crippen LogP contribution in [0.4, 0.5) is 5.69 Å². The maximum absolute atomic E-state index is 11.6. The van der Waals surface area contributed by atoms with E-state index >= 15 is 0 Å². The van der Waals surface area contributed by atoms with Gasteiger partial charge in [-0.15, -0.1) is 0 Å². The lowest BCUT2D eigenvalue weighted by atomic mass is 10.3. The Morgan fingerprint density at radius 3 is 2.33 bits per heavy atom. The average molecular weight is 288 g/mol. The molecule has 0 bridgehead atoms. The minimum atomic E-state index is -0.0954. The van der Waals surface area contributed by atoms with Crippen molar-refractivity contribution in [3.63, 3.8) is 0 Å². The SMILES string of the molecule is CCC(=O)N(CC)C(N)=Nc1c(Cl)cccc1Cl. The largest absolute Gasteiger partial charge is 0.369 e. The first-order valence-electron chi connectivity index (χ1n) is 5.59. The zero-order chi connectivity index (χ0) is 13.7. The van der Waals surface area contributed by atoms with Gasteiger partial charge < -0.3 is 5.73 Å². The molecule has 0 fully saturated rings. The molecular weight excluding hydrogens is 273 g/mol. The second-order valence-corrected chi connectivity index (χ2v) is 4.35. The Morgan fingerprint density at radius 2 is 1.89 bits per heavy atom. The molecule has 1 aromatic rings. The van der Waals surface area contributed by atoms with Crippen molar-refractivity contribution in [3.8, 4) is 0 Å². The summed E-state index contributed by atoms with van der Waals surface area (Å²) >= 11 is 12.0. The lowest BCUT2D eigenvalue weighted by molar-refractivity contribution is -0.126. The van der Waals surface area contributed by atoms with Gasteiger partial charge in [-0.1, -0.05) is 36.2 Å². The predicted octanol–water partition coefficient (Wildman–Crippen LogP) is 3.20.